The van der Waals surface area contributed by atoms with Crippen molar-refractivity contribution in [2.75, 3.05) is 47.8 Å². The SMILES string of the molecule is CCCNc1nc(N(CC)CC)nc(N2CCCCC2)n1. The molecule has 0 unspecified atom stereocenters. The molecule has 1 aromatic heterocycles. The van der Waals surface area contributed by atoms with Crippen molar-refractivity contribution >= 4 is 17.8 Å². The van der Waals surface area contributed by atoms with Crippen molar-refractivity contribution in [1.82, 2.24) is 15.0 Å². The molecule has 2 heterocycles. The summed E-state index contributed by atoms with van der Waals surface area (Å²) in [5.74, 6) is 2.31. The van der Waals surface area contributed by atoms with Crippen LogP contribution in [0.2, 0.25) is 0 Å². The first-order valence-electron chi connectivity index (χ1n) is 8.28. The van der Waals surface area contributed by atoms with Crippen LogP contribution in [0.15, 0.2) is 0 Å². The van der Waals surface area contributed by atoms with Crippen LogP contribution in [0, 0.1) is 0 Å². The van der Waals surface area contributed by atoms with E-state index in [0.717, 1.165) is 51.0 Å². The van der Waals surface area contributed by atoms with Gasteiger partial charge in [0, 0.05) is 32.7 Å². The number of nitrogens with zero attached hydrogens (tertiary/aromatic N) is 5. The molecular weight excluding hydrogens is 264 g/mol. The van der Waals surface area contributed by atoms with Gasteiger partial charge in [0.1, 0.15) is 0 Å². The van der Waals surface area contributed by atoms with Crippen LogP contribution in [0.3, 0.4) is 0 Å². The van der Waals surface area contributed by atoms with Gasteiger partial charge >= 0.3 is 0 Å². The molecule has 1 aliphatic rings. The molecule has 6 nitrogen and oxygen atoms in total. The highest BCUT2D eigenvalue weighted by Gasteiger charge is 2.17. The Morgan fingerprint density at radius 3 is 2.33 bits per heavy atom. The molecule has 1 saturated heterocycles. The first-order valence-corrected chi connectivity index (χ1v) is 8.28. The highest BCUT2D eigenvalue weighted by molar-refractivity contribution is 5.45. The van der Waals surface area contributed by atoms with Gasteiger partial charge in [0.05, 0.1) is 0 Å². The van der Waals surface area contributed by atoms with Crippen LogP contribution in [0.4, 0.5) is 17.8 Å². The molecule has 0 amide bonds. The molecule has 1 aliphatic heterocycles. The van der Waals surface area contributed by atoms with Crippen LogP contribution >= 0.6 is 0 Å². The third-order valence-corrected chi connectivity index (χ3v) is 3.83. The average molecular weight is 292 g/mol. The number of hydrogen-bond donors (Lipinski definition) is 1. The topological polar surface area (TPSA) is 57.2 Å². The Hall–Kier alpha value is -1.59. The number of anilines is 3. The summed E-state index contributed by atoms with van der Waals surface area (Å²) < 4.78 is 0. The van der Waals surface area contributed by atoms with E-state index in [1.165, 1.54) is 19.3 Å². The van der Waals surface area contributed by atoms with E-state index in [1.807, 2.05) is 0 Å². The van der Waals surface area contributed by atoms with Crippen molar-refractivity contribution in [3.05, 3.63) is 0 Å². The zero-order valence-electron chi connectivity index (χ0n) is 13.6. The molecule has 21 heavy (non-hydrogen) atoms. The normalized spacial score (nSPS) is 15.1. The van der Waals surface area contributed by atoms with Gasteiger partial charge in [-0.1, -0.05) is 6.92 Å². The molecule has 0 saturated carbocycles. The Labute approximate surface area is 128 Å². The van der Waals surface area contributed by atoms with Gasteiger partial charge in [-0.15, -0.1) is 0 Å². The van der Waals surface area contributed by atoms with Crippen LogP contribution in [-0.4, -0.2) is 47.7 Å². The van der Waals surface area contributed by atoms with E-state index in [4.69, 9.17) is 4.98 Å². The van der Waals surface area contributed by atoms with E-state index in [2.05, 4.69) is 45.9 Å². The number of rotatable bonds is 7. The quantitative estimate of drug-likeness (QED) is 0.833. The summed E-state index contributed by atoms with van der Waals surface area (Å²) in [7, 11) is 0. The van der Waals surface area contributed by atoms with E-state index >= 15 is 0 Å². The molecular formula is C15H28N6. The fourth-order valence-corrected chi connectivity index (χ4v) is 2.55. The number of piperidine rings is 1. The fourth-order valence-electron chi connectivity index (χ4n) is 2.55. The summed E-state index contributed by atoms with van der Waals surface area (Å²) in [6.07, 6.45) is 4.82. The average Bonchev–Trinajstić information content (AvgIpc) is 2.55. The first-order chi connectivity index (χ1) is 10.3. The van der Waals surface area contributed by atoms with Gasteiger partial charge < -0.3 is 15.1 Å². The summed E-state index contributed by atoms with van der Waals surface area (Å²) in [6.45, 7) is 11.2. The zero-order valence-corrected chi connectivity index (χ0v) is 13.6. The Kier molecular flexibility index (Phi) is 6.02. The lowest BCUT2D eigenvalue weighted by atomic mass is 10.1. The Balaban J connectivity index is 2.26. The minimum Gasteiger partial charge on any atom is -0.354 e. The van der Waals surface area contributed by atoms with Crippen LogP contribution in [-0.2, 0) is 0 Å². The Morgan fingerprint density at radius 1 is 1.00 bits per heavy atom. The fraction of sp³-hybridized carbons (Fsp3) is 0.800. The highest BCUT2D eigenvalue weighted by atomic mass is 15.4. The van der Waals surface area contributed by atoms with Crippen molar-refractivity contribution in [3.63, 3.8) is 0 Å². The summed E-state index contributed by atoms with van der Waals surface area (Å²) in [4.78, 5) is 18.3. The maximum Gasteiger partial charge on any atom is 0.231 e. The highest BCUT2D eigenvalue weighted by Crippen LogP contribution is 2.20. The molecule has 0 atom stereocenters. The Morgan fingerprint density at radius 2 is 1.71 bits per heavy atom. The lowest BCUT2D eigenvalue weighted by molar-refractivity contribution is 0.567. The zero-order chi connectivity index (χ0) is 15.1. The molecule has 0 bridgehead atoms. The van der Waals surface area contributed by atoms with Crippen molar-refractivity contribution in [2.45, 2.75) is 46.5 Å². The predicted molar refractivity (Wildman–Crippen MR) is 88.2 cm³/mol. The molecule has 0 aliphatic carbocycles. The first kappa shape index (κ1) is 15.8. The molecule has 6 heteroatoms. The number of hydrogen-bond acceptors (Lipinski definition) is 6. The molecule has 2 rings (SSSR count). The van der Waals surface area contributed by atoms with E-state index in [9.17, 15) is 0 Å². The predicted octanol–water partition coefficient (Wildman–Crippen LogP) is 2.53. The standard InChI is InChI=1S/C15H28N6/c1-4-10-16-13-17-14(20(5-2)6-3)19-15(18-13)21-11-8-7-9-12-21/h4-12H2,1-3H3,(H,16,17,18,19). The van der Waals surface area contributed by atoms with Crippen LogP contribution in [0.5, 0.6) is 0 Å². The van der Waals surface area contributed by atoms with Gasteiger partial charge in [-0.3, -0.25) is 0 Å². The monoisotopic (exact) mass is 292 g/mol. The molecule has 118 valence electrons. The van der Waals surface area contributed by atoms with Crippen molar-refractivity contribution in [1.29, 1.82) is 0 Å². The number of aromatic nitrogens is 3. The van der Waals surface area contributed by atoms with Crippen LogP contribution in [0.25, 0.3) is 0 Å². The third-order valence-electron chi connectivity index (χ3n) is 3.83. The van der Waals surface area contributed by atoms with Gasteiger partial charge in [-0.05, 0) is 39.5 Å². The molecule has 0 radical (unpaired) electrons. The van der Waals surface area contributed by atoms with Gasteiger partial charge in [0.2, 0.25) is 17.8 Å². The van der Waals surface area contributed by atoms with Gasteiger partial charge in [0.25, 0.3) is 0 Å². The largest absolute Gasteiger partial charge is 0.354 e. The van der Waals surface area contributed by atoms with Gasteiger partial charge in [-0.2, -0.15) is 15.0 Å². The van der Waals surface area contributed by atoms with Gasteiger partial charge in [0.15, 0.2) is 0 Å². The van der Waals surface area contributed by atoms with E-state index in [1.54, 1.807) is 0 Å². The van der Waals surface area contributed by atoms with Crippen molar-refractivity contribution < 1.29 is 0 Å². The van der Waals surface area contributed by atoms with Crippen molar-refractivity contribution in [3.8, 4) is 0 Å². The third kappa shape index (κ3) is 4.19. The van der Waals surface area contributed by atoms with E-state index in [-0.39, 0.29) is 0 Å². The lowest BCUT2D eigenvalue weighted by Crippen LogP contribution is -2.33. The molecule has 1 fully saturated rings. The van der Waals surface area contributed by atoms with Crippen LogP contribution in [0.1, 0.15) is 46.5 Å². The summed E-state index contributed by atoms with van der Waals surface area (Å²) in [6, 6.07) is 0. The lowest BCUT2D eigenvalue weighted by Gasteiger charge is -2.28. The second kappa shape index (κ2) is 8.00. The summed E-state index contributed by atoms with van der Waals surface area (Å²) in [5.41, 5.74) is 0. The second-order valence-corrected chi connectivity index (χ2v) is 5.41. The minimum atomic E-state index is 0.703. The minimum absolute atomic E-state index is 0.703. The van der Waals surface area contributed by atoms with Crippen LogP contribution < -0.4 is 15.1 Å². The molecule has 0 aromatic carbocycles. The second-order valence-electron chi connectivity index (χ2n) is 5.41. The maximum atomic E-state index is 4.70. The number of nitrogens with one attached hydrogen (secondary N) is 1. The Bertz CT molecular complexity index is 426. The summed E-state index contributed by atoms with van der Waals surface area (Å²) >= 11 is 0. The van der Waals surface area contributed by atoms with Gasteiger partial charge in [-0.25, -0.2) is 0 Å². The maximum absolute atomic E-state index is 4.70. The van der Waals surface area contributed by atoms with E-state index < -0.39 is 0 Å². The molecule has 0 spiro atoms. The van der Waals surface area contributed by atoms with E-state index in [0.29, 0.717) is 5.95 Å². The smallest absolute Gasteiger partial charge is 0.231 e. The van der Waals surface area contributed by atoms with Crippen molar-refractivity contribution in [2.24, 2.45) is 0 Å². The molecule has 1 N–H and O–H groups in total. The summed E-state index contributed by atoms with van der Waals surface area (Å²) in [5, 5.41) is 3.30. The molecule has 1 aromatic rings.